The summed E-state index contributed by atoms with van der Waals surface area (Å²) in [6.07, 6.45) is 1.90. The third-order valence-corrected chi connectivity index (χ3v) is 6.81. The Morgan fingerprint density at radius 3 is 2.53 bits per heavy atom. The first-order valence-corrected chi connectivity index (χ1v) is 11.5. The number of amides is 2. The quantitative estimate of drug-likeness (QED) is 0.508. The largest absolute Gasteiger partial charge is 0.494 e. The Morgan fingerprint density at radius 1 is 1.13 bits per heavy atom. The number of carbonyl (C=O) groups excluding carboxylic acids is 2. The number of rotatable bonds is 7. The highest BCUT2D eigenvalue weighted by Crippen LogP contribution is 2.34. The zero-order valence-electron chi connectivity index (χ0n) is 17.1. The van der Waals surface area contributed by atoms with E-state index in [0.29, 0.717) is 21.6 Å². The molecular formula is C22H23N3O3S2. The minimum absolute atomic E-state index is 0.0405. The molecule has 1 aliphatic rings. The van der Waals surface area contributed by atoms with Crippen molar-refractivity contribution in [3.05, 3.63) is 45.6 Å². The van der Waals surface area contributed by atoms with Crippen LogP contribution in [-0.2, 0) is 4.79 Å². The van der Waals surface area contributed by atoms with Crippen LogP contribution < -0.4 is 15.4 Å². The fourth-order valence-corrected chi connectivity index (χ4v) is 4.89. The molecular weight excluding hydrogens is 418 g/mol. The van der Waals surface area contributed by atoms with Crippen LogP contribution in [0.15, 0.2) is 30.3 Å². The molecule has 0 atom stereocenters. The normalized spacial score (nSPS) is 13.2. The van der Waals surface area contributed by atoms with Gasteiger partial charge in [0.1, 0.15) is 5.75 Å². The summed E-state index contributed by atoms with van der Waals surface area (Å²) in [4.78, 5) is 31.0. The van der Waals surface area contributed by atoms with Crippen molar-refractivity contribution in [3.8, 4) is 17.0 Å². The van der Waals surface area contributed by atoms with Gasteiger partial charge in [-0.25, -0.2) is 4.98 Å². The van der Waals surface area contributed by atoms with Gasteiger partial charge in [-0.05, 0) is 69.5 Å². The minimum Gasteiger partial charge on any atom is -0.494 e. The average molecular weight is 442 g/mol. The van der Waals surface area contributed by atoms with Gasteiger partial charge in [0.05, 0.1) is 22.2 Å². The monoisotopic (exact) mass is 441 g/mol. The Bertz CT molecular complexity index is 1080. The number of thiophene rings is 1. The van der Waals surface area contributed by atoms with Crippen molar-refractivity contribution >= 4 is 44.6 Å². The van der Waals surface area contributed by atoms with Gasteiger partial charge in [-0.2, -0.15) is 0 Å². The summed E-state index contributed by atoms with van der Waals surface area (Å²) in [6.45, 7) is 6.43. The zero-order valence-corrected chi connectivity index (χ0v) is 18.7. The maximum Gasteiger partial charge on any atom is 0.267 e. The van der Waals surface area contributed by atoms with Crippen LogP contribution in [0.5, 0.6) is 5.75 Å². The average Bonchev–Trinajstić information content (AvgIpc) is 3.42. The summed E-state index contributed by atoms with van der Waals surface area (Å²) >= 11 is 2.74. The molecule has 1 fully saturated rings. The van der Waals surface area contributed by atoms with Crippen molar-refractivity contribution in [1.82, 2.24) is 4.98 Å². The van der Waals surface area contributed by atoms with E-state index < -0.39 is 0 Å². The van der Waals surface area contributed by atoms with Crippen molar-refractivity contribution in [2.24, 2.45) is 5.92 Å². The summed E-state index contributed by atoms with van der Waals surface area (Å²) in [6, 6.07) is 9.62. The molecule has 0 unspecified atom stereocenters. The second-order valence-corrected chi connectivity index (χ2v) is 9.48. The number of thiazole rings is 1. The molecule has 4 rings (SSSR count). The lowest BCUT2D eigenvalue weighted by Crippen LogP contribution is -2.12. The molecule has 2 amide bonds. The lowest BCUT2D eigenvalue weighted by molar-refractivity contribution is -0.117. The molecule has 2 N–H and O–H groups in total. The topological polar surface area (TPSA) is 80.3 Å². The van der Waals surface area contributed by atoms with E-state index in [1.165, 1.54) is 22.7 Å². The first kappa shape index (κ1) is 20.6. The lowest BCUT2D eigenvalue weighted by atomic mass is 10.1. The molecule has 0 aliphatic heterocycles. The predicted octanol–water partition coefficient (Wildman–Crippen LogP) is 5.49. The maximum atomic E-state index is 12.8. The first-order chi connectivity index (χ1) is 14.4. The van der Waals surface area contributed by atoms with Crippen molar-refractivity contribution in [2.45, 2.75) is 33.6 Å². The molecule has 0 saturated heterocycles. The number of hydrogen-bond acceptors (Lipinski definition) is 6. The van der Waals surface area contributed by atoms with Gasteiger partial charge in [-0.1, -0.05) is 0 Å². The molecule has 2 aromatic heterocycles. The summed E-state index contributed by atoms with van der Waals surface area (Å²) in [7, 11) is 0. The first-order valence-electron chi connectivity index (χ1n) is 9.88. The summed E-state index contributed by atoms with van der Waals surface area (Å²) in [5.41, 5.74) is 2.66. The van der Waals surface area contributed by atoms with Crippen LogP contribution in [0.2, 0.25) is 0 Å². The third-order valence-electron chi connectivity index (χ3n) is 4.77. The smallest absolute Gasteiger partial charge is 0.267 e. The van der Waals surface area contributed by atoms with E-state index in [4.69, 9.17) is 4.74 Å². The maximum absolute atomic E-state index is 12.8. The lowest BCUT2D eigenvalue weighted by Gasteiger charge is -2.04. The fourth-order valence-electron chi connectivity index (χ4n) is 3.09. The minimum atomic E-state index is -0.212. The summed E-state index contributed by atoms with van der Waals surface area (Å²) in [5.74, 6) is 0.777. The number of hydrogen-bond donors (Lipinski definition) is 2. The number of aryl methyl sites for hydroxylation is 2. The Hall–Kier alpha value is -2.71. The molecule has 0 radical (unpaired) electrons. The number of carbonyl (C=O) groups is 2. The molecule has 1 saturated carbocycles. The van der Waals surface area contributed by atoms with Gasteiger partial charge < -0.3 is 10.1 Å². The van der Waals surface area contributed by atoms with E-state index in [2.05, 4.69) is 15.6 Å². The zero-order chi connectivity index (χ0) is 21.3. The standard InChI is InChI=1S/C22H23N3O3S2/c1-4-28-16-9-7-14(8-10-16)18-13(3)29-22(24-18)25-21(27)19-12(2)11-17(30-19)23-20(26)15-5-6-15/h7-11,15H,4-6H2,1-3H3,(H,23,26)(H,24,25,27). The number of nitrogens with one attached hydrogen (secondary N) is 2. The number of anilines is 2. The summed E-state index contributed by atoms with van der Waals surface area (Å²) in [5, 5.41) is 7.08. The van der Waals surface area contributed by atoms with E-state index in [1.807, 2.05) is 51.1 Å². The molecule has 3 aromatic rings. The van der Waals surface area contributed by atoms with Crippen LogP contribution in [0, 0.1) is 19.8 Å². The van der Waals surface area contributed by atoms with Gasteiger partial charge >= 0.3 is 0 Å². The van der Waals surface area contributed by atoms with Crippen molar-refractivity contribution < 1.29 is 14.3 Å². The SMILES string of the molecule is CCOc1ccc(-c2nc(NC(=O)c3sc(NC(=O)C4CC4)cc3C)sc2C)cc1. The van der Waals surface area contributed by atoms with Gasteiger partial charge in [0.15, 0.2) is 5.13 Å². The summed E-state index contributed by atoms with van der Waals surface area (Å²) < 4.78 is 5.49. The number of aromatic nitrogens is 1. The van der Waals surface area contributed by atoms with Crippen LogP contribution in [0.4, 0.5) is 10.1 Å². The molecule has 0 bridgehead atoms. The number of nitrogens with zero attached hydrogens (tertiary/aromatic N) is 1. The fraction of sp³-hybridized carbons (Fsp3) is 0.318. The molecule has 30 heavy (non-hydrogen) atoms. The Kier molecular flexibility index (Phi) is 5.87. The number of ether oxygens (including phenoxy) is 1. The van der Waals surface area contributed by atoms with Crippen molar-refractivity contribution in [1.29, 1.82) is 0 Å². The van der Waals surface area contributed by atoms with Crippen molar-refractivity contribution in [2.75, 3.05) is 17.2 Å². The molecule has 1 aromatic carbocycles. The molecule has 8 heteroatoms. The van der Waals surface area contributed by atoms with Gasteiger partial charge in [0.2, 0.25) is 5.91 Å². The Balaban J connectivity index is 1.47. The van der Waals surface area contributed by atoms with Gasteiger partial charge in [0.25, 0.3) is 5.91 Å². The highest BCUT2D eigenvalue weighted by Gasteiger charge is 2.30. The van der Waals surface area contributed by atoms with Gasteiger partial charge in [-0.3, -0.25) is 14.9 Å². The highest BCUT2D eigenvalue weighted by molar-refractivity contribution is 7.19. The van der Waals surface area contributed by atoms with Crippen LogP contribution in [0.3, 0.4) is 0 Å². The Morgan fingerprint density at radius 2 is 1.87 bits per heavy atom. The van der Waals surface area contributed by atoms with Crippen molar-refractivity contribution in [3.63, 3.8) is 0 Å². The predicted molar refractivity (Wildman–Crippen MR) is 122 cm³/mol. The number of benzene rings is 1. The molecule has 6 nitrogen and oxygen atoms in total. The molecule has 0 spiro atoms. The van der Waals surface area contributed by atoms with E-state index in [9.17, 15) is 9.59 Å². The van der Waals surface area contributed by atoms with E-state index >= 15 is 0 Å². The Labute approximate surface area is 183 Å². The van der Waals surface area contributed by atoms with Crippen LogP contribution in [0.1, 0.15) is 39.9 Å². The highest BCUT2D eigenvalue weighted by atomic mass is 32.1. The van der Waals surface area contributed by atoms with Crippen LogP contribution >= 0.6 is 22.7 Å². The van der Waals surface area contributed by atoms with Gasteiger partial charge in [-0.15, -0.1) is 22.7 Å². The second kappa shape index (κ2) is 8.57. The van der Waals surface area contributed by atoms with E-state index in [0.717, 1.165) is 40.3 Å². The third kappa shape index (κ3) is 4.55. The van der Waals surface area contributed by atoms with Gasteiger partial charge in [0, 0.05) is 16.4 Å². The van der Waals surface area contributed by atoms with Crippen LogP contribution in [0.25, 0.3) is 11.3 Å². The second-order valence-electron chi connectivity index (χ2n) is 7.22. The molecule has 156 valence electrons. The van der Waals surface area contributed by atoms with E-state index in [1.54, 1.807) is 0 Å². The van der Waals surface area contributed by atoms with Crippen LogP contribution in [-0.4, -0.2) is 23.4 Å². The molecule has 1 aliphatic carbocycles. The molecule has 2 heterocycles. The van der Waals surface area contributed by atoms with E-state index in [-0.39, 0.29) is 17.7 Å².